The maximum Gasteiger partial charge on any atom is 0.165 e. The van der Waals surface area contributed by atoms with E-state index in [1.807, 2.05) is 13.0 Å². The van der Waals surface area contributed by atoms with Crippen LogP contribution in [0.3, 0.4) is 0 Å². The molecule has 0 unspecified atom stereocenters. The summed E-state index contributed by atoms with van der Waals surface area (Å²) >= 11 is 7.69. The molecule has 0 amide bonds. The van der Waals surface area contributed by atoms with Gasteiger partial charge in [-0.3, -0.25) is 4.99 Å². The molecule has 0 radical (unpaired) electrons. The largest absolute Gasteiger partial charge is 0.386 e. The number of amidine groups is 1. The van der Waals surface area contributed by atoms with Gasteiger partial charge < -0.3 is 5.73 Å². The van der Waals surface area contributed by atoms with Crippen molar-refractivity contribution in [3.63, 3.8) is 0 Å². The molecule has 1 aromatic heterocycles. The zero-order valence-electron chi connectivity index (χ0n) is 10.7. The molecule has 0 bridgehead atoms. The fourth-order valence-corrected chi connectivity index (χ4v) is 6.66. The molecule has 19 heavy (non-hydrogen) atoms. The predicted octanol–water partition coefficient (Wildman–Crippen LogP) is 2.24. The van der Waals surface area contributed by atoms with Crippen LogP contribution in [0.5, 0.6) is 0 Å². The van der Waals surface area contributed by atoms with E-state index < -0.39 is 20.1 Å². The fourth-order valence-electron chi connectivity index (χ4n) is 2.71. The van der Waals surface area contributed by atoms with Gasteiger partial charge in [0.05, 0.1) is 15.7 Å². The molecule has 1 aliphatic carbocycles. The van der Waals surface area contributed by atoms with Crippen LogP contribution < -0.4 is 5.73 Å². The monoisotopic (exact) mass is 318 g/mol. The van der Waals surface area contributed by atoms with Crippen LogP contribution in [0.4, 0.5) is 0 Å². The molecular formula is C12H15ClN2O2S2. The van der Waals surface area contributed by atoms with Crippen molar-refractivity contribution >= 4 is 38.6 Å². The average molecular weight is 319 g/mol. The van der Waals surface area contributed by atoms with Gasteiger partial charge in [-0.25, -0.2) is 8.42 Å². The van der Waals surface area contributed by atoms with Gasteiger partial charge in [-0.15, -0.1) is 11.3 Å². The number of rotatable bonds is 1. The molecule has 104 valence electrons. The summed E-state index contributed by atoms with van der Waals surface area (Å²) < 4.78 is 24.1. The molecule has 7 heteroatoms. The Labute approximate surface area is 121 Å². The number of hydrogen-bond donors (Lipinski definition) is 1. The van der Waals surface area contributed by atoms with Gasteiger partial charge in [0.2, 0.25) is 0 Å². The van der Waals surface area contributed by atoms with Crippen LogP contribution in [-0.4, -0.2) is 24.8 Å². The topological polar surface area (TPSA) is 72.5 Å². The van der Waals surface area contributed by atoms with E-state index in [9.17, 15) is 8.42 Å². The average Bonchev–Trinajstić information content (AvgIpc) is 2.98. The van der Waals surface area contributed by atoms with Crippen LogP contribution in [0.25, 0.3) is 0 Å². The summed E-state index contributed by atoms with van der Waals surface area (Å²) in [6, 6.07) is 1.84. The first-order chi connectivity index (χ1) is 8.70. The molecule has 0 saturated heterocycles. The van der Waals surface area contributed by atoms with Gasteiger partial charge in [0.25, 0.3) is 0 Å². The summed E-state index contributed by atoms with van der Waals surface area (Å²) in [5.74, 6) is 0.240. The second kappa shape index (κ2) is 3.74. The van der Waals surface area contributed by atoms with Crippen molar-refractivity contribution in [2.75, 3.05) is 5.75 Å². The van der Waals surface area contributed by atoms with E-state index in [0.29, 0.717) is 17.9 Å². The van der Waals surface area contributed by atoms with Crippen LogP contribution >= 0.6 is 22.9 Å². The summed E-state index contributed by atoms with van der Waals surface area (Å²) in [5, 5.41) is 0.573. The van der Waals surface area contributed by atoms with Gasteiger partial charge >= 0.3 is 0 Å². The number of hydrogen-bond acceptors (Lipinski definition) is 5. The van der Waals surface area contributed by atoms with E-state index in [1.54, 1.807) is 6.92 Å². The van der Waals surface area contributed by atoms with Crippen LogP contribution in [0.1, 0.15) is 29.5 Å². The third kappa shape index (κ3) is 1.76. The Balaban J connectivity index is 2.17. The Hall–Kier alpha value is -0.590. The first-order valence-corrected chi connectivity index (χ1v) is 8.89. The molecule has 2 N–H and O–H groups in total. The minimum absolute atomic E-state index is 0.0135. The Kier molecular flexibility index (Phi) is 2.64. The number of thiophene rings is 1. The molecule has 1 atom stereocenters. The Morgan fingerprint density at radius 3 is 2.53 bits per heavy atom. The number of aliphatic imine (C=N–C) groups is 1. The maximum atomic E-state index is 12.5. The highest BCUT2D eigenvalue weighted by Crippen LogP contribution is 2.51. The molecule has 2 heterocycles. The SMILES string of the molecule is Cc1cc(Cl)c([C@]2(C)CS(=O)(=O)C3(CC3)C(N)=N2)s1. The standard InChI is InChI=1S/C12H15ClN2O2S2/c1-7-5-8(13)9(18-7)11(2)6-19(16,17)12(3-4-12)10(14)15-11/h5H,3-4,6H2,1-2H3,(H2,14,15)/t11-/m0/s1. The summed E-state index contributed by atoms with van der Waals surface area (Å²) in [6.07, 6.45) is 1.19. The lowest BCUT2D eigenvalue weighted by atomic mass is 10.0. The molecule has 1 aromatic rings. The molecule has 1 fully saturated rings. The van der Waals surface area contributed by atoms with Crippen molar-refractivity contribution in [3.8, 4) is 0 Å². The summed E-state index contributed by atoms with van der Waals surface area (Å²) in [7, 11) is -3.27. The van der Waals surface area contributed by atoms with Crippen molar-refractivity contribution < 1.29 is 8.42 Å². The van der Waals surface area contributed by atoms with Gasteiger partial charge in [-0.1, -0.05) is 11.6 Å². The van der Waals surface area contributed by atoms with Crippen LogP contribution in [0, 0.1) is 6.92 Å². The molecule has 1 aliphatic heterocycles. The number of sulfone groups is 1. The summed E-state index contributed by atoms with van der Waals surface area (Å²) in [5.41, 5.74) is 5.10. The van der Waals surface area contributed by atoms with Crippen molar-refractivity contribution in [3.05, 3.63) is 20.8 Å². The van der Waals surface area contributed by atoms with E-state index in [2.05, 4.69) is 4.99 Å². The van der Waals surface area contributed by atoms with Gasteiger partial charge in [-0.2, -0.15) is 0 Å². The lowest BCUT2D eigenvalue weighted by molar-refractivity contribution is 0.520. The van der Waals surface area contributed by atoms with Crippen molar-refractivity contribution in [1.82, 2.24) is 0 Å². The highest BCUT2D eigenvalue weighted by atomic mass is 35.5. The Morgan fingerprint density at radius 2 is 2.11 bits per heavy atom. The van der Waals surface area contributed by atoms with Gasteiger partial charge in [0.1, 0.15) is 16.1 Å². The molecule has 0 aromatic carbocycles. The zero-order valence-corrected chi connectivity index (χ0v) is 13.1. The fraction of sp³-hybridized carbons (Fsp3) is 0.583. The van der Waals surface area contributed by atoms with Gasteiger partial charge in [0, 0.05) is 4.88 Å². The van der Waals surface area contributed by atoms with Crippen molar-refractivity contribution in [1.29, 1.82) is 0 Å². The van der Waals surface area contributed by atoms with Crippen LogP contribution in [0.2, 0.25) is 5.02 Å². The van der Waals surface area contributed by atoms with Gasteiger partial charge in [0.15, 0.2) is 9.84 Å². The van der Waals surface area contributed by atoms with E-state index in [4.69, 9.17) is 17.3 Å². The van der Waals surface area contributed by atoms with E-state index in [1.165, 1.54) is 11.3 Å². The van der Waals surface area contributed by atoms with Crippen molar-refractivity contribution in [2.24, 2.45) is 10.7 Å². The third-order valence-electron chi connectivity index (χ3n) is 3.90. The molecule has 1 spiro atoms. The second-order valence-electron chi connectivity index (χ2n) is 5.56. The molecule has 4 nitrogen and oxygen atoms in total. The molecule has 2 aliphatic rings. The maximum absolute atomic E-state index is 12.5. The summed E-state index contributed by atoms with van der Waals surface area (Å²) in [6.45, 7) is 3.74. The number of halogens is 1. The number of aryl methyl sites for hydroxylation is 1. The highest BCUT2D eigenvalue weighted by Gasteiger charge is 2.62. The molecular weight excluding hydrogens is 304 g/mol. The number of nitrogens with two attached hydrogens (primary N) is 1. The lowest BCUT2D eigenvalue weighted by Gasteiger charge is -2.33. The Morgan fingerprint density at radius 1 is 1.47 bits per heavy atom. The minimum atomic E-state index is -3.27. The first kappa shape index (κ1) is 13.4. The molecule has 3 rings (SSSR count). The van der Waals surface area contributed by atoms with E-state index in [0.717, 1.165) is 9.75 Å². The van der Waals surface area contributed by atoms with Crippen molar-refractivity contribution in [2.45, 2.75) is 37.0 Å². The quantitative estimate of drug-likeness (QED) is 0.863. The van der Waals surface area contributed by atoms with Gasteiger partial charge in [-0.05, 0) is 32.8 Å². The number of nitrogens with zero attached hydrogens (tertiary/aromatic N) is 1. The van der Waals surface area contributed by atoms with E-state index >= 15 is 0 Å². The summed E-state index contributed by atoms with van der Waals surface area (Å²) in [4.78, 5) is 6.34. The predicted molar refractivity (Wildman–Crippen MR) is 78.8 cm³/mol. The smallest absolute Gasteiger partial charge is 0.165 e. The second-order valence-corrected chi connectivity index (χ2v) is 9.52. The lowest BCUT2D eigenvalue weighted by Crippen LogP contribution is -2.50. The highest BCUT2D eigenvalue weighted by molar-refractivity contribution is 7.94. The zero-order chi connectivity index (χ0) is 14.1. The first-order valence-electron chi connectivity index (χ1n) is 6.05. The van der Waals surface area contributed by atoms with Crippen LogP contribution in [-0.2, 0) is 15.4 Å². The minimum Gasteiger partial charge on any atom is -0.386 e. The normalized spacial score (nSPS) is 31.2. The molecule has 1 saturated carbocycles. The Bertz CT molecular complexity index is 689. The van der Waals surface area contributed by atoms with Crippen LogP contribution in [0.15, 0.2) is 11.1 Å². The van der Waals surface area contributed by atoms with E-state index in [-0.39, 0.29) is 11.6 Å². The third-order valence-corrected chi connectivity index (χ3v) is 8.37.